The summed E-state index contributed by atoms with van der Waals surface area (Å²) in [6, 6.07) is 5.97. The number of benzene rings is 2. The van der Waals surface area contributed by atoms with Crippen LogP contribution in [0.3, 0.4) is 0 Å². The fourth-order valence-corrected chi connectivity index (χ4v) is 3.43. The van der Waals surface area contributed by atoms with E-state index in [2.05, 4.69) is 12.1 Å². The van der Waals surface area contributed by atoms with Gasteiger partial charge in [0.15, 0.2) is 5.78 Å². The van der Waals surface area contributed by atoms with Crippen molar-refractivity contribution in [3.8, 4) is 11.5 Å². The van der Waals surface area contributed by atoms with Gasteiger partial charge in [0.2, 0.25) is 0 Å². The summed E-state index contributed by atoms with van der Waals surface area (Å²) in [5, 5.41) is 12.1. The van der Waals surface area contributed by atoms with Crippen molar-refractivity contribution in [2.75, 3.05) is 0 Å². The molecule has 1 aliphatic carbocycles. The van der Waals surface area contributed by atoms with Crippen LogP contribution >= 0.6 is 0 Å². The van der Waals surface area contributed by atoms with Gasteiger partial charge in [0.25, 0.3) is 0 Å². The third kappa shape index (κ3) is 1.56. The number of ketones is 1. The quantitative estimate of drug-likeness (QED) is 0.796. The van der Waals surface area contributed by atoms with Gasteiger partial charge in [-0.25, -0.2) is 0 Å². The number of carbonyl (C=O) groups excluding carboxylic acids is 1. The number of carbonyl (C=O) groups is 1. The van der Waals surface area contributed by atoms with Crippen LogP contribution in [0.25, 0.3) is 10.8 Å². The Labute approximate surface area is 117 Å². The normalized spacial score (nSPS) is 20.6. The Morgan fingerprint density at radius 3 is 2.75 bits per heavy atom. The van der Waals surface area contributed by atoms with Crippen molar-refractivity contribution in [2.24, 2.45) is 0 Å². The summed E-state index contributed by atoms with van der Waals surface area (Å²) in [7, 11) is 0. The van der Waals surface area contributed by atoms with E-state index in [1.165, 1.54) is 17.5 Å². The minimum atomic E-state index is -0.131. The smallest absolute Gasteiger partial charge is 0.174 e. The third-order valence-corrected chi connectivity index (χ3v) is 4.35. The number of aryl methyl sites for hydroxylation is 2. The van der Waals surface area contributed by atoms with E-state index in [-0.39, 0.29) is 17.6 Å². The summed E-state index contributed by atoms with van der Waals surface area (Å²) in [5.41, 5.74) is 3.06. The van der Waals surface area contributed by atoms with Crippen LogP contribution < -0.4 is 4.74 Å². The van der Waals surface area contributed by atoms with Crippen LogP contribution in [-0.4, -0.2) is 17.0 Å². The highest BCUT2D eigenvalue weighted by Crippen LogP contribution is 2.42. The number of fused-ring (bicyclic) bond motifs is 4. The molecule has 1 N–H and O–H groups in total. The second-order valence-electron chi connectivity index (χ2n) is 5.85. The van der Waals surface area contributed by atoms with Crippen molar-refractivity contribution >= 4 is 16.6 Å². The monoisotopic (exact) mass is 268 g/mol. The lowest BCUT2D eigenvalue weighted by Gasteiger charge is -2.24. The number of aromatic hydroxyl groups is 1. The molecular formula is C17H16O3. The lowest BCUT2D eigenvalue weighted by molar-refractivity contribution is 0.0869. The average Bonchev–Trinajstić information content (AvgIpc) is 2.82. The van der Waals surface area contributed by atoms with Gasteiger partial charge in [-0.1, -0.05) is 6.07 Å². The molecular weight excluding hydrogens is 252 g/mol. The molecule has 0 spiro atoms. The zero-order valence-electron chi connectivity index (χ0n) is 11.4. The molecule has 0 aromatic heterocycles. The summed E-state index contributed by atoms with van der Waals surface area (Å²) in [6.07, 6.45) is 3.56. The van der Waals surface area contributed by atoms with Crippen LogP contribution in [0.15, 0.2) is 18.2 Å². The van der Waals surface area contributed by atoms with Gasteiger partial charge in [-0.2, -0.15) is 0 Å². The molecule has 3 heteroatoms. The van der Waals surface area contributed by atoms with E-state index in [9.17, 15) is 9.90 Å². The number of hydrogen-bond donors (Lipinski definition) is 1. The van der Waals surface area contributed by atoms with Gasteiger partial charge in [-0.3, -0.25) is 4.79 Å². The highest BCUT2D eigenvalue weighted by Gasteiger charge is 2.29. The highest BCUT2D eigenvalue weighted by atomic mass is 16.5. The van der Waals surface area contributed by atoms with Gasteiger partial charge in [-0.15, -0.1) is 0 Å². The fourth-order valence-electron chi connectivity index (χ4n) is 3.43. The van der Waals surface area contributed by atoms with E-state index < -0.39 is 0 Å². The first-order valence-corrected chi connectivity index (χ1v) is 7.15. The molecule has 3 nitrogen and oxygen atoms in total. The molecule has 1 aliphatic heterocycles. The van der Waals surface area contributed by atoms with Gasteiger partial charge < -0.3 is 9.84 Å². The zero-order chi connectivity index (χ0) is 13.9. The van der Waals surface area contributed by atoms with Crippen molar-refractivity contribution in [1.29, 1.82) is 0 Å². The maximum Gasteiger partial charge on any atom is 0.174 e. The number of phenolic OH excluding ortho intramolecular Hbond substituents is 1. The molecule has 0 amide bonds. The maximum absolute atomic E-state index is 12.2. The fraction of sp³-hybridized carbons (Fsp3) is 0.353. The van der Waals surface area contributed by atoms with Crippen LogP contribution in [0, 0.1) is 0 Å². The summed E-state index contributed by atoms with van der Waals surface area (Å²) >= 11 is 0. The van der Waals surface area contributed by atoms with Gasteiger partial charge in [0.1, 0.15) is 23.2 Å². The number of hydrogen-bond acceptors (Lipinski definition) is 3. The Kier molecular flexibility index (Phi) is 2.34. The minimum Gasteiger partial charge on any atom is -0.507 e. The third-order valence-electron chi connectivity index (χ3n) is 4.35. The number of phenols is 1. The maximum atomic E-state index is 12.2. The summed E-state index contributed by atoms with van der Waals surface area (Å²) in [6.45, 7) is 1.89. The summed E-state index contributed by atoms with van der Waals surface area (Å²) in [4.78, 5) is 12.2. The van der Waals surface area contributed by atoms with Crippen molar-refractivity contribution in [3.63, 3.8) is 0 Å². The molecule has 2 aromatic rings. The first kappa shape index (κ1) is 11.8. The van der Waals surface area contributed by atoms with Crippen LogP contribution in [0.4, 0.5) is 0 Å². The Morgan fingerprint density at radius 1 is 1.20 bits per heavy atom. The number of ether oxygens (including phenoxy) is 1. The predicted octanol–water partition coefficient (Wildman–Crippen LogP) is 3.39. The van der Waals surface area contributed by atoms with E-state index in [0.29, 0.717) is 17.7 Å². The molecule has 102 valence electrons. The molecule has 1 heterocycles. The molecule has 0 radical (unpaired) electrons. The van der Waals surface area contributed by atoms with Gasteiger partial charge in [0.05, 0.1) is 0 Å². The van der Waals surface area contributed by atoms with Gasteiger partial charge >= 0.3 is 0 Å². The molecule has 0 bridgehead atoms. The molecule has 0 fully saturated rings. The Morgan fingerprint density at radius 2 is 1.95 bits per heavy atom. The molecule has 1 atom stereocenters. The van der Waals surface area contributed by atoms with Crippen molar-refractivity contribution in [3.05, 3.63) is 34.9 Å². The van der Waals surface area contributed by atoms with E-state index in [1.54, 1.807) is 6.07 Å². The molecule has 0 saturated heterocycles. The summed E-state index contributed by atoms with van der Waals surface area (Å²) < 4.78 is 5.88. The Hall–Kier alpha value is -2.03. The molecule has 2 aromatic carbocycles. The number of rotatable bonds is 0. The lowest BCUT2D eigenvalue weighted by Crippen LogP contribution is -2.24. The predicted molar refractivity (Wildman–Crippen MR) is 76.7 cm³/mol. The van der Waals surface area contributed by atoms with Crippen LogP contribution in [-0.2, 0) is 12.8 Å². The first-order chi connectivity index (χ1) is 9.63. The Balaban J connectivity index is 2.06. The molecule has 0 saturated carbocycles. The van der Waals surface area contributed by atoms with E-state index >= 15 is 0 Å². The SMILES string of the molecule is CC1CC(=O)c2c(O)cc3cc4c(cc3c2O1)CCC4. The second kappa shape index (κ2) is 3.98. The first-order valence-electron chi connectivity index (χ1n) is 7.15. The topological polar surface area (TPSA) is 46.5 Å². The van der Waals surface area contributed by atoms with E-state index in [4.69, 9.17) is 4.74 Å². The highest BCUT2D eigenvalue weighted by molar-refractivity contribution is 6.08. The van der Waals surface area contributed by atoms with E-state index in [0.717, 1.165) is 23.6 Å². The van der Waals surface area contributed by atoms with Crippen LogP contribution in [0.5, 0.6) is 11.5 Å². The molecule has 4 rings (SSSR count). The summed E-state index contributed by atoms with van der Waals surface area (Å²) in [5.74, 6) is 0.583. The number of Topliss-reactive ketones (excluding diaryl/α,β-unsaturated/α-hetero) is 1. The van der Waals surface area contributed by atoms with Crippen molar-refractivity contribution in [1.82, 2.24) is 0 Å². The van der Waals surface area contributed by atoms with E-state index in [1.807, 2.05) is 6.92 Å². The second-order valence-corrected chi connectivity index (χ2v) is 5.85. The minimum absolute atomic E-state index is 0.0290. The van der Waals surface area contributed by atoms with Gasteiger partial charge in [-0.05, 0) is 54.8 Å². The molecule has 1 unspecified atom stereocenters. The van der Waals surface area contributed by atoms with Crippen molar-refractivity contribution < 1.29 is 14.6 Å². The largest absolute Gasteiger partial charge is 0.507 e. The van der Waals surface area contributed by atoms with Crippen LogP contribution in [0.2, 0.25) is 0 Å². The molecule has 20 heavy (non-hydrogen) atoms. The standard InChI is InChI=1S/C17H16O3/c1-9-5-14(18)16-15(19)8-12-6-10-3-2-4-11(10)7-13(12)17(16)20-9/h6-9,19H,2-5H2,1H3. The van der Waals surface area contributed by atoms with Crippen LogP contribution in [0.1, 0.15) is 41.3 Å². The molecule has 2 aliphatic rings. The zero-order valence-corrected chi connectivity index (χ0v) is 11.4. The lowest BCUT2D eigenvalue weighted by atomic mass is 9.94. The Bertz CT molecular complexity index is 746. The average molecular weight is 268 g/mol. The van der Waals surface area contributed by atoms with Crippen molar-refractivity contribution in [2.45, 2.75) is 38.7 Å². The van der Waals surface area contributed by atoms with Gasteiger partial charge in [0, 0.05) is 11.8 Å².